The number of hydrogen-bond donors (Lipinski definition) is 1. The molecule has 1 saturated carbocycles. The van der Waals surface area contributed by atoms with Gasteiger partial charge in [0.05, 0.1) is 11.6 Å². The maximum absolute atomic E-state index is 12.2. The number of nitrogens with zero attached hydrogens (tertiary/aromatic N) is 3. The lowest BCUT2D eigenvalue weighted by Crippen LogP contribution is -2.35. The van der Waals surface area contributed by atoms with E-state index in [9.17, 15) is 4.79 Å². The molecule has 1 aliphatic carbocycles. The van der Waals surface area contributed by atoms with Crippen LogP contribution in [0.4, 0.5) is 0 Å². The Hall–Kier alpha value is -2.68. The summed E-state index contributed by atoms with van der Waals surface area (Å²) in [5.74, 6) is 0.0367. The number of rotatable bonds is 3. The van der Waals surface area contributed by atoms with Crippen LogP contribution in [0.2, 0.25) is 0 Å². The average molecular weight is 310 g/mol. The first-order valence-corrected chi connectivity index (χ1v) is 7.91. The normalized spacial score (nSPS) is 15.6. The minimum absolute atomic E-state index is 0.0496. The fraction of sp³-hybridized carbons (Fsp3) is 0.412. The van der Waals surface area contributed by atoms with E-state index in [-0.39, 0.29) is 23.7 Å². The molecule has 0 spiro atoms. The Morgan fingerprint density at radius 3 is 2.52 bits per heavy atom. The molecule has 0 unspecified atom stereocenters. The lowest BCUT2D eigenvalue weighted by atomic mass is 10.1. The van der Waals surface area contributed by atoms with Gasteiger partial charge in [0.25, 0.3) is 17.6 Å². The third-order valence-corrected chi connectivity index (χ3v) is 4.08. The summed E-state index contributed by atoms with van der Waals surface area (Å²) in [6, 6.07) is 9.03. The number of carbonyl (C=O) groups is 1. The van der Waals surface area contributed by atoms with E-state index in [4.69, 9.17) is 9.78 Å². The van der Waals surface area contributed by atoms with E-state index in [2.05, 4.69) is 15.5 Å². The van der Waals surface area contributed by atoms with Crippen LogP contribution in [-0.4, -0.2) is 22.1 Å². The first kappa shape index (κ1) is 15.2. The largest absolute Gasteiger partial charge is 0.346 e. The van der Waals surface area contributed by atoms with Crippen LogP contribution >= 0.6 is 0 Å². The molecule has 0 radical (unpaired) electrons. The number of benzene rings is 1. The van der Waals surface area contributed by atoms with Crippen molar-refractivity contribution in [3.8, 4) is 17.5 Å². The Kier molecular flexibility index (Phi) is 4.67. The molecule has 1 aromatic carbocycles. The molecule has 1 fully saturated rings. The SMILES string of the molecule is N#Cc1ccc(-c2nc(C(=O)NC3CCCCCC3)no2)cc1. The molecule has 3 rings (SSSR count). The van der Waals surface area contributed by atoms with E-state index < -0.39 is 0 Å². The third kappa shape index (κ3) is 3.75. The zero-order chi connectivity index (χ0) is 16.1. The zero-order valence-electron chi connectivity index (χ0n) is 12.8. The molecule has 1 N–H and O–H groups in total. The number of amides is 1. The first-order valence-electron chi connectivity index (χ1n) is 7.91. The number of nitrogens with one attached hydrogen (secondary N) is 1. The Bertz CT molecular complexity index is 707. The Morgan fingerprint density at radius 2 is 1.87 bits per heavy atom. The number of carbonyl (C=O) groups excluding carboxylic acids is 1. The summed E-state index contributed by atoms with van der Waals surface area (Å²) in [5, 5.41) is 15.5. The molecule has 0 aliphatic heterocycles. The summed E-state index contributed by atoms with van der Waals surface area (Å²) in [5.41, 5.74) is 1.24. The second-order valence-corrected chi connectivity index (χ2v) is 5.77. The highest BCUT2D eigenvalue weighted by atomic mass is 16.5. The summed E-state index contributed by atoms with van der Waals surface area (Å²) < 4.78 is 5.15. The average Bonchev–Trinajstić information content (AvgIpc) is 2.94. The van der Waals surface area contributed by atoms with E-state index in [0.29, 0.717) is 11.1 Å². The molecular formula is C17H18N4O2. The van der Waals surface area contributed by atoms with Gasteiger partial charge in [-0.05, 0) is 37.1 Å². The molecule has 6 heteroatoms. The van der Waals surface area contributed by atoms with E-state index in [1.165, 1.54) is 12.8 Å². The van der Waals surface area contributed by atoms with Gasteiger partial charge in [-0.15, -0.1) is 0 Å². The van der Waals surface area contributed by atoms with Gasteiger partial charge < -0.3 is 9.84 Å². The molecule has 1 amide bonds. The van der Waals surface area contributed by atoms with Crippen molar-refractivity contribution in [1.29, 1.82) is 5.26 Å². The van der Waals surface area contributed by atoms with Gasteiger partial charge in [-0.3, -0.25) is 4.79 Å². The Balaban J connectivity index is 1.68. The van der Waals surface area contributed by atoms with Crippen molar-refractivity contribution in [2.24, 2.45) is 0 Å². The monoisotopic (exact) mass is 310 g/mol. The molecule has 0 saturated heterocycles. The first-order chi connectivity index (χ1) is 11.3. The van der Waals surface area contributed by atoms with Crippen LogP contribution in [0.3, 0.4) is 0 Å². The highest BCUT2D eigenvalue weighted by molar-refractivity contribution is 5.90. The molecule has 6 nitrogen and oxygen atoms in total. The molecule has 1 aliphatic rings. The summed E-state index contributed by atoms with van der Waals surface area (Å²) in [7, 11) is 0. The van der Waals surface area contributed by atoms with Crippen molar-refractivity contribution >= 4 is 5.91 Å². The second kappa shape index (κ2) is 7.05. The molecule has 118 valence electrons. The fourth-order valence-corrected chi connectivity index (χ4v) is 2.79. The molecule has 0 bridgehead atoms. The van der Waals surface area contributed by atoms with Crippen molar-refractivity contribution in [3.05, 3.63) is 35.7 Å². The van der Waals surface area contributed by atoms with Gasteiger partial charge in [-0.2, -0.15) is 10.2 Å². The van der Waals surface area contributed by atoms with E-state index in [1.54, 1.807) is 24.3 Å². The van der Waals surface area contributed by atoms with Gasteiger partial charge in [-0.25, -0.2) is 0 Å². The topological polar surface area (TPSA) is 91.8 Å². The van der Waals surface area contributed by atoms with Crippen LogP contribution in [0.15, 0.2) is 28.8 Å². The Labute approximate surface area is 134 Å². The van der Waals surface area contributed by atoms with Crippen molar-refractivity contribution in [2.45, 2.75) is 44.6 Å². The van der Waals surface area contributed by atoms with E-state index in [1.807, 2.05) is 6.07 Å². The highest BCUT2D eigenvalue weighted by Crippen LogP contribution is 2.19. The molecule has 1 heterocycles. The van der Waals surface area contributed by atoms with Crippen molar-refractivity contribution in [2.75, 3.05) is 0 Å². The van der Waals surface area contributed by atoms with Crippen LogP contribution in [0.25, 0.3) is 11.5 Å². The molecule has 23 heavy (non-hydrogen) atoms. The number of hydrogen-bond acceptors (Lipinski definition) is 5. The predicted molar refractivity (Wildman–Crippen MR) is 83.4 cm³/mol. The van der Waals surface area contributed by atoms with E-state index in [0.717, 1.165) is 25.7 Å². The van der Waals surface area contributed by atoms with Crippen LogP contribution in [0, 0.1) is 11.3 Å². The van der Waals surface area contributed by atoms with Gasteiger partial charge in [0, 0.05) is 11.6 Å². The quantitative estimate of drug-likeness (QED) is 0.880. The van der Waals surface area contributed by atoms with Crippen LogP contribution in [0.1, 0.15) is 54.7 Å². The van der Waals surface area contributed by atoms with Gasteiger partial charge in [0.2, 0.25) is 0 Å². The van der Waals surface area contributed by atoms with Crippen molar-refractivity contribution in [3.63, 3.8) is 0 Å². The number of nitriles is 1. The third-order valence-electron chi connectivity index (χ3n) is 4.08. The maximum Gasteiger partial charge on any atom is 0.292 e. The Morgan fingerprint density at radius 1 is 1.17 bits per heavy atom. The standard InChI is InChI=1S/C17H18N4O2/c18-11-12-7-9-13(10-8-12)17-20-15(21-23-17)16(22)19-14-5-3-1-2-4-6-14/h7-10,14H,1-6H2,(H,19,22). The fourth-order valence-electron chi connectivity index (χ4n) is 2.79. The lowest BCUT2D eigenvalue weighted by molar-refractivity contribution is 0.0920. The smallest absolute Gasteiger partial charge is 0.292 e. The van der Waals surface area contributed by atoms with Gasteiger partial charge in [0.1, 0.15) is 0 Å². The summed E-state index contributed by atoms with van der Waals surface area (Å²) in [6.45, 7) is 0. The molecule has 1 aromatic heterocycles. The lowest BCUT2D eigenvalue weighted by Gasteiger charge is -2.14. The summed E-state index contributed by atoms with van der Waals surface area (Å²) in [4.78, 5) is 16.4. The second-order valence-electron chi connectivity index (χ2n) is 5.77. The van der Waals surface area contributed by atoms with Gasteiger partial charge >= 0.3 is 0 Å². The van der Waals surface area contributed by atoms with Crippen molar-refractivity contribution < 1.29 is 9.32 Å². The number of aromatic nitrogens is 2. The van der Waals surface area contributed by atoms with Crippen LogP contribution in [-0.2, 0) is 0 Å². The zero-order valence-corrected chi connectivity index (χ0v) is 12.8. The molecule has 2 aromatic rings. The van der Waals surface area contributed by atoms with Gasteiger partial charge in [-0.1, -0.05) is 30.8 Å². The predicted octanol–water partition coefficient (Wildman–Crippen LogP) is 3.06. The molecular weight excluding hydrogens is 292 g/mol. The maximum atomic E-state index is 12.2. The minimum Gasteiger partial charge on any atom is -0.346 e. The van der Waals surface area contributed by atoms with Crippen LogP contribution < -0.4 is 5.32 Å². The highest BCUT2D eigenvalue weighted by Gasteiger charge is 2.20. The van der Waals surface area contributed by atoms with E-state index >= 15 is 0 Å². The van der Waals surface area contributed by atoms with Crippen LogP contribution in [0.5, 0.6) is 0 Å². The summed E-state index contributed by atoms with van der Waals surface area (Å²) in [6.07, 6.45) is 6.77. The van der Waals surface area contributed by atoms with Crippen molar-refractivity contribution in [1.82, 2.24) is 15.5 Å². The minimum atomic E-state index is -0.291. The van der Waals surface area contributed by atoms with Gasteiger partial charge in [0.15, 0.2) is 0 Å². The summed E-state index contributed by atoms with van der Waals surface area (Å²) >= 11 is 0. The molecule has 0 atom stereocenters.